The number of ether oxygens (including phenoxy) is 1. The van der Waals surface area contributed by atoms with Crippen molar-refractivity contribution in [2.75, 3.05) is 5.32 Å². The van der Waals surface area contributed by atoms with E-state index in [-0.39, 0.29) is 5.57 Å². The average molecular weight is 344 g/mol. The lowest BCUT2D eigenvalue weighted by atomic mass is 10.2. The summed E-state index contributed by atoms with van der Waals surface area (Å²) < 4.78 is 7.30. The summed E-state index contributed by atoms with van der Waals surface area (Å²) >= 11 is 0. The van der Waals surface area contributed by atoms with Crippen LogP contribution in [-0.2, 0) is 11.8 Å². The van der Waals surface area contributed by atoms with Crippen LogP contribution in [0.5, 0.6) is 11.5 Å². The van der Waals surface area contributed by atoms with Gasteiger partial charge in [0.2, 0.25) is 0 Å². The largest absolute Gasteiger partial charge is 0.457 e. The van der Waals surface area contributed by atoms with E-state index in [1.807, 2.05) is 36.4 Å². The van der Waals surface area contributed by atoms with Crippen LogP contribution < -0.4 is 10.1 Å². The quantitative estimate of drug-likeness (QED) is 0.564. The number of nitrogens with one attached hydrogen (secondary N) is 1. The zero-order valence-corrected chi connectivity index (χ0v) is 14.1. The Hall–Kier alpha value is -3.85. The van der Waals surface area contributed by atoms with E-state index in [2.05, 4.69) is 10.4 Å². The molecule has 3 aromatic rings. The first kappa shape index (κ1) is 17.0. The molecule has 6 nitrogen and oxygen atoms in total. The topological polar surface area (TPSA) is 79.9 Å². The third kappa shape index (κ3) is 4.36. The van der Waals surface area contributed by atoms with Gasteiger partial charge in [-0.15, -0.1) is 0 Å². The summed E-state index contributed by atoms with van der Waals surface area (Å²) in [5, 5.41) is 15.9. The molecule has 1 heterocycles. The maximum Gasteiger partial charge on any atom is 0.266 e. The zero-order valence-electron chi connectivity index (χ0n) is 14.1. The molecule has 0 radical (unpaired) electrons. The molecule has 3 rings (SSSR count). The highest BCUT2D eigenvalue weighted by Crippen LogP contribution is 2.22. The Kier molecular flexibility index (Phi) is 5.11. The molecule has 0 aliphatic rings. The van der Waals surface area contributed by atoms with E-state index in [0.29, 0.717) is 17.0 Å². The van der Waals surface area contributed by atoms with Crippen molar-refractivity contribution in [3.05, 3.63) is 78.1 Å². The fourth-order valence-electron chi connectivity index (χ4n) is 2.26. The van der Waals surface area contributed by atoms with Gasteiger partial charge in [-0.3, -0.25) is 9.48 Å². The molecule has 1 amide bonds. The number of hydrogen-bond donors (Lipinski definition) is 1. The predicted octanol–water partition coefficient (Wildman–Crippen LogP) is 3.76. The molecule has 0 spiro atoms. The maximum absolute atomic E-state index is 12.3. The highest BCUT2D eigenvalue weighted by atomic mass is 16.5. The van der Waals surface area contributed by atoms with Crippen molar-refractivity contribution >= 4 is 17.7 Å². The van der Waals surface area contributed by atoms with Crippen molar-refractivity contribution in [3.63, 3.8) is 0 Å². The number of nitrogens with zero attached hydrogens (tertiary/aromatic N) is 3. The van der Waals surface area contributed by atoms with Gasteiger partial charge in [-0.1, -0.05) is 18.2 Å². The van der Waals surface area contributed by atoms with Crippen LogP contribution in [0.1, 0.15) is 5.56 Å². The van der Waals surface area contributed by atoms with Gasteiger partial charge in [0.1, 0.15) is 23.1 Å². The molecule has 6 heteroatoms. The highest BCUT2D eigenvalue weighted by molar-refractivity contribution is 6.09. The molecule has 0 saturated carbocycles. The smallest absolute Gasteiger partial charge is 0.266 e. The normalized spacial score (nSPS) is 10.8. The first-order valence-corrected chi connectivity index (χ1v) is 7.89. The van der Waals surface area contributed by atoms with E-state index in [9.17, 15) is 10.1 Å². The van der Waals surface area contributed by atoms with Crippen LogP contribution in [0.15, 0.2) is 72.6 Å². The van der Waals surface area contributed by atoms with Gasteiger partial charge in [-0.05, 0) is 42.5 Å². The molecule has 0 aliphatic heterocycles. The summed E-state index contributed by atoms with van der Waals surface area (Å²) in [5.74, 6) is 0.907. The average Bonchev–Trinajstić information content (AvgIpc) is 3.07. The number of benzene rings is 2. The summed E-state index contributed by atoms with van der Waals surface area (Å²) in [6.45, 7) is 0. The Balaban J connectivity index is 1.67. The van der Waals surface area contributed by atoms with Crippen molar-refractivity contribution in [1.29, 1.82) is 5.26 Å². The SMILES string of the molecule is Cn1cc(/C=C(/C#N)C(=O)Nc2ccc(Oc3ccccc3)cc2)cn1. The molecule has 1 aromatic heterocycles. The molecule has 26 heavy (non-hydrogen) atoms. The Labute approximate surface area is 151 Å². The first-order valence-electron chi connectivity index (χ1n) is 7.89. The lowest BCUT2D eigenvalue weighted by molar-refractivity contribution is -0.112. The molecular weight excluding hydrogens is 328 g/mol. The molecule has 0 bridgehead atoms. The van der Waals surface area contributed by atoms with Crippen molar-refractivity contribution in [1.82, 2.24) is 9.78 Å². The van der Waals surface area contributed by atoms with Crippen LogP contribution in [0.2, 0.25) is 0 Å². The van der Waals surface area contributed by atoms with E-state index in [0.717, 1.165) is 5.75 Å². The Morgan fingerprint density at radius 2 is 1.85 bits per heavy atom. The molecule has 128 valence electrons. The lowest BCUT2D eigenvalue weighted by Gasteiger charge is -2.07. The van der Waals surface area contributed by atoms with Crippen LogP contribution in [-0.4, -0.2) is 15.7 Å². The number of anilines is 1. The third-order valence-corrected chi connectivity index (χ3v) is 3.49. The van der Waals surface area contributed by atoms with Crippen LogP contribution in [0.3, 0.4) is 0 Å². The van der Waals surface area contributed by atoms with Gasteiger partial charge in [-0.25, -0.2) is 0 Å². The van der Waals surface area contributed by atoms with Gasteiger partial charge < -0.3 is 10.1 Å². The van der Waals surface area contributed by atoms with Gasteiger partial charge >= 0.3 is 0 Å². The first-order chi connectivity index (χ1) is 12.6. The number of carbonyl (C=O) groups excluding carboxylic acids is 1. The second kappa shape index (κ2) is 7.81. The van der Waals surface area contributed by atoms with E-state index < -0.39 is 5.91 Å². The van der Waals surface area contributed by atoms with Crippen molar-refractivity contribution in [2.45, 2.75) is 0 Å². The van der Waals surface area contributed by atoms with Crippen LogP contribution in [0, 0.1) is 11.3 Å². The van der Waals surface area contributed by atoms with Crippen LogP contribution >= 0.6 is 0 Å². The highest BCUT2D eigenvalue weighted by Gasteiger charge is 2.10. The minimum absolute atomic E-state index is 0.00242. The molecule has 2 aromatic carbocycles. The molecule has 0 saturated heterocycles. The zero-order chi connectivity index (χ0) is 18.4. The second-order valence-electron chi connectivity index (χ2n) is 5.51. The lowest BCUT2D eigenvalue weighted by Crippen LogP contribution is -2.13. The Bertz CT molecular complexity index is 967. The van der Waals surface area contributed by atoms with Crippen LogP contribution in [0.4, 0.5) is 5.69 Å². The summed E-state index contributed by atoms with van der Waals surface area (Å²) in [6.07, 6.45) is 4.80. The number of aromatic nitrogens is 2. The molecule has 0 aliphatic carbocycles. The van der Waals surface area contributed by atoms with Crippen LogP contribution in [0.25, 0.3) is 6.08 Å². The Morgan fingerprint density at radius 1 is 1.15 bits per heavy atom. The van der Waals surface area contributed by atoms with Crippen molar-refractivity contribution in [2.24, 2.45) is 7.05 Å². The standard InChI is InChI=1S/C20H16N4O2/c1-24-14-15(13-22-24)11-16(12-21)20(25)23-17-7-9-19(10-8-17)26-18-5-3-2-4-6-18/h2-11,13-14H,1H3,(H,23,25)/b16-11-. The molecular formula is C20H16N4O2. The number of amides is 1. The summed E-state index contributed by atoms with van der Waals surface area (Å²) in [5.41, 5.74) is 1.26. The number of aryl methyl sites for hydroxylation is 1. The van der Waals surface area contributed by atoms with Gasteiger partial charge in [0.25, 0.3) is 5.91 Å². The fourth-order valence-corrected chi connectivity index (χ4v) is 2.26. The number of para-hydroxylation sites is 1. The minimum Gasteiger partial charge on any atom is -0.457 e. The molecule has 1 N–H and O–H groups in total. The van der Waals surface area contributed by atoms with Gasteiger partial charge in [-0.2, -0.15) is 10.4 Å². The Morgan fingerprint density at radius 3 is 2.46 bits per heavy atom. The third-order valence-electron chi connectivity index (χ3n) is 3.49. The van der Waals surface area contributed by atoms with Gasteiger partial charge in [0.05, 0.1) is 6.20 Å². The van der Waals surface area contributed by atoms with Crippen molar-refractivity contribution < 1.29 is 9.53 Å². The number of hydrogen-bond acceptors (Lipinski definition) is 4. The predicted molar refractivity (Wildman–Crippen MR) is 98.4 cm³/mol. The number of nitriles is 1. The van der Waals surface area contributed by atoms with E-state index in [4.69, 9.17) is 4.74 Å². The van der Waals surface area contributed by atoms with Gasteiger partial charge in [0, 0.05) is 24.5 Å². The second-order valence-corrected chi connectivity index (χ2v) is 5.51. The van der Waals surface area contributed by atoms with Crippen molar-refractivity contribution in [3.8, 4) is 17.6 Å². The molecule has 0 fully saturated rings. The molecule has 0 atom stereocenters. The molecule has 0 unspecified atom stereocenters. The van der Waals surface area contributed by atoms with E-state index in [1.54, 1.807) is 48.4 Å². The summed E-state index contributed by atoms with van der Waals surface area (Å²) in [4.78, 5) is 12.3. The fraction of sp³-hybridized carbons (Fsp3) is 0.0500. The number of carbonyl (C=O) groups is 1. The monoisotopic (exact) mass is 344 g/mol. The van der Waals surface area contributed by atoms with E-state index in [1.165, 1.54) is 6.08 Å². The maximum atomic E-state index is 12.3. The minimum atomic E-state index is -0.479. The van der Waals surface area contributed by atoms with E-state index >= 15 is 0 Å². The number of rotatable bonds is 5. The van der Waals surface area contributed by atoms with Gasteiger partial charge in [0.15, 0.2) is 0 Å². The summed E-state index contributed by atoms with van der Waals surface area (Å²) in [7, 11) is 1.77. The summed E-state index contributed by atoms with van der Waals surface area (Å²) in [6, 6.07) is 18.3.